The number of rotatable bonds is 10. The highest BCUT2D eigenvalue weighted by Gasteiger charge is 2.29. The maximum absolute atomic E-state index is 12.7. The number of carbonyl (C=O) groups is 3. The summed E-state index contributed by atoms with van der Waals surface area (Å²) in [6.45, 7) is 2.40. The predicted molar refractivity (Wildman–Crippen MR) is 133 cm³/mol. The number of benzene rings is 2. The second-order valence-electron chi connectivity index (χ2n) is 8.28. The van der Waals surface area contributed by atoms with Gasteiger partial charge >= 0.3 is 12.1 Å². The van der Waals surface area contributed by atoms with E-state index in [1.807, 2.05) is 31.2 Å². The number of ether oxygens (including phenoxy) is 1. The number of aromatic carboxylic acids is 1. The van der Waals surface area contributed by atoms with Gasteiger partial charge in [-0.3, -0.25) is 4.79 Å². The summed E-state index contributed by atoms with van der Waals surface area (Å²) in [7, 11) is 0. The van der Waals surface area contributed by atoms with Crippen molar-refractivity contribution in [2.45, 2.75) is 38.1 Å². The van der Waals surface area contributed by atoms with Gasteiger partial charge in [0, 0.05) is 24.3 Å². The van der Waals surface area contributed by atoms with Crippen molar-refractivity contribution in [3.63, 3.8) is 0 Å². The lowest BCUT2D eigenvalue weighted by Crippen LogP contribution is -2.47. The quantitative estimate of drug-likeness (QED) is 0.390. The van der Waals surface area contributed by atoms with Crippen LogP contribution in [0.15, 0.2) is 53.9 Å². The van der Waals surface area contributed by atoms with Crippen LogP contribution in [0.1, 0.15) is 52.3 Å². The number of hydrogen-bond acceptors (Lipinski definition) is 6. The van der Waals surface area contributed by atoms with Crippen LogP contribution in [0.2, 0.25) is 0 Å². The van der Waals surface area contributed by atoms with Crippen LogP contribution in [0, 0.1) is 0 Å². The monoisotopic (exact) mass is 493 g/mol. The zero-order chi connectivity index (χ0) is 24.8. The Kier molecular flexibility index (Phi) is 7.77. The summed E-state index contributed by atoms with van der Waals surface area (Å²) in [6.07, 6.45) is 0.951. The van der Waals surface area contributed by atoms with Gasteiger partial charge in [0.1, 0.15) is 12.6 Å². The number of carbonyl (C=O) groups excluding carboxylic acids is 2. The van der Waals surface area contributed by atoms with Gasteiger partial charge in [0.15, 0.2) is 5.69 Å². The van der Waals surface area contributed by atoms with Gasteiger partial charge in [0.25, 0.3) is 0 Å². The Labute approximate surface area is 207 Å². The number of carboxylic acid groups (broad SMARTS) is 1. The lowest BCUT2D eigenvalue weighted by atomic mass is 9.98. The molecule has 0 fully saturated rings. The maximum Gasteiger partial charge on any atom is 0.407 e. The van der Waals surface area contributed by atoms with Gasteiger partial charge in [-0.15, -0.1) is 11.3 Å². The van der Waals surface area contributed by atoms with E-state index in [0.29, 0.717) is 24.3 Å². The van der Waals surface area contributed by atoms with E-state index in [1.165, 1.54) is 16.7 Å². The highest BCUT2D eigenvalue weighted by molar-refractivity contribution is 7.09. The largest absolute Gasteiger partial charge is 0.476 e. The van der Waals surface area contributed by atoms with Gasteiger partial charge < -0.3 is 20.5 Å². The SMILES string of the molecule is CCC[C@@H](NC(=O)OCC1c2ccccc2-c2ccccc21)C(=O)NCCc1nc(C(=O)O)cs1. The fraction of sp³-hybridized carbons (Fsp3) is 0.308. The first-order valence-corrected chi connectivity index (χ1v) is 12.4. The molecule has 35 heavy (non-hydrogen) atoms. The summed E-state index contributed by atoms with van der Waals surface area (Å²) in [4.78, 5) is 40.2. The van der Waals surface area contributed by atoms with E-state index in [1.54, 1.807) is 0 Å². The van der Waals surface area contributed by atoms with E-state index in [4.69, 9.17) is 9.84 Å². The molecular formula is C26H27N3O5S. The Hall–Kier alpha value is -3.72. The Balaban J connectivity index is 1.31. The molecule has 1 atom stereocenters. The van der Waals surface area contributed by atoms with Crippen molar-refractivity contribution >= 4 is 29.3 Å². The maximum atomic E-state index is 12.7. The lowest BCUT2D eigenvalue weighted by Gasteiger charge is -2.19. The third-order valence-electron chi connectivity index (χ3n) is 5.94. The second kappa shape index (κ2) is 11.1. The molecule has 3 aromatic rings. The van der Waals surface area contributed by atoms with E-state index in [0.717, 1.165) is 22.3 Å². The molecule has 0 bridgehead atoms. The predicted octanol–water partition coefficient (Wildman–Crippen LogP) is 4.21. The smallest absolute Gasteiger partial charge is 0.407 e. The van der Waals surface area contributed by atoms with Gasteiger partial charge in [-0.1, -0.05) is 61.9 Å². The number of hydrogen-bond donors (Lipinski definition) is 3. The first-order chi connectivity index (χ1) is 17.0. The Morgan fingerprint density at radius 2 is 1.74 bits per heavy atom. The summed E-state index contributed by atoms with van der Waals surface area (Å²) >= 11 is 1.23. The highest BCUT2D eigenvalue weighted by atomic mass is 32.1. The van der Waals surface area contributed by atoms with Crippen LogP contribution in [0.4, 0.5) is 4.79 Å². The molecule has 1 aromatic heterocycles. The molecule has 9 heteroatoms. The first-order valence-electron chi connectivity index (χ1n) is 11.5. The first kappa shape index (κ1) is 24.4. The fourth-order valence-electron chi connectivity index (χ4n) is 4.28. The minimum absolute atomic E-state index is 0.00268. The summed E-state index contributed by atoms with van der Waals surface area (Å²) in [6, 6.07) is 15.5. The molecule has 0 radical (unpaired) electrons. The van der Waals surface area contributed by atoms with Crippen LogP contribution in [-0.4, -0.2) is 47.3 Å². The Morgan fingerprint density at radius 1 is 1.09 bits per heavy atom. The van der Waals surface area contributed by atoms with E-state index in [2.05, 4.69) is 39.9 Å². The van der Waals surface area contributed by atoms with E-state index in [9.17, 15) is 14.4 Å². The molecule has 1 heterocycles. The average molecular weight is 494 g/mol. The molecule has 3 N–H and O–H groups in total. The number of nitrogens with zero attached hydrogens (tertiary/aromatic N) is 1. The van der Waals surface area contributed by atoms with Gasteiger partial charge in [-0.05, 0) is 28.7 Å². The second-order valence-corrected chi connectivity index (χ2v) is 9.23. The molecule has 0 unspecified atom stereocenters. The van der Waals surface area contributed by atoms with Crippen molar-refractivity contribution in [3.8, 4) is 11.1 Å². The zero-order valence-corrected chi connectivity index (χ0v) is 20.1. The van der Waals surface area contributed by atoms with Crippen LogP contribution in [0.3, 0.4) is 0 Å². The van der Waals surface area contributed by atoms with E-state index >= 15 is 0 Å². The van der Waals surface area contributed by atoms with Gasteiger partial charge in [0.05, 0.1) is 5.01 Å². The number of carboxylic acids is 1. The minimum atomic E-state index is -1.08. The summed E-state index contributed by atoms with van der Waals surface area (Å²) in [5.74, 6) is -1.44. The van der Waals surface area contributed by atoms with Crippen molar-refractivity contribution in [1.82, 2.24) is 15.6 Å². The number of fused-ring (bicyclic) bond motifs is 3. The molecule has 0 aliphatic heterocycles. The molecule has 4 rings (SSSR count). The van der Waals surface area contributed by atoms with Crippen molar-refractivity contribution < 1.29 is 24.2 Å². The lowest BCUT2D eigenvalue weighted by molar-refractivity contribution is -0.123. The van der Waals surface area contributed by atoms with Crippen molar-refractivity contribution in [2.75, 3.05) is 13.2 Å². The molecule has 0 spiro atoms. The Morgan fingerprint density at radius 3 is 2.34 bits per heavy atom. The van der Waals surface area contributed by atoms with E-state index < -0.39 is 18.1 Å². The summed E-state index contributed by atoms with van der Waals surface area (Å²) in [5, 5.41) is 16.5. The normalized spacial score (nSPS) is 12.9. The van der Waals surface area contributed by atoms with Crippen LogP contribution >= 0.6 is 11.3 Å². The number of thiazole rings is 1. The molecule has 1 aliphatic carbocycles. The summed E-state index contributed by atoms with van der Waals surface area (Å²) in [5.41, 5.74) is 4.54. The standard InChI is InChI=1S/C26H27N3O5S/c1-2-7-21(24(30)27-13-12-23-28-22(15-35-23)25(31)32)29-26(33)34-14-20-18-10-5-3-8-16(18)17-9-4-6-11-19(17)20/h3-6,8-11,15,20-21H,2,7,12-14H2,1H3,(H,27,30)(H,29,33)(H,31,32)/t21-/m1/s1. The van der Waals surface area contributed by atoms with Crippen molar-refractivity contribution in [1.29, 1.82) is 0 Å². The van der Waals surface area contributed by atoms with Crippen molar-refractivity contribution in [2.24, 2.45) is 0 Å². The third kappa shape index (κ3) is 5.68. The average Bonchev–Trinajstić information content (AvgIpc) is 3.46. The van der Waals surface area contributed by atoms with Crippen LogP contribution in [-0.2, 0) is 16.0 Å². The highest BCUT2D eigenvalue weighted by Crippen LogP contribution is 2.44. The number of nitrogens with one attached hydrogen (secondary N) is 2. The van der Waals surface area contributed by atoms with Gasteiger partial charge in [-0.25, -0.2) is 14.6 Å². The number of amides is 2. The molecule has 182 valence electrons. The number of alkyl carbamates (subject to hydrolysis) is 1. The Bertz CT molecular complexity index is 1180. The third-order valence-corrected chi connectivity index (χ3v) is 6.85. The molecule has 1 aliphatic rings. The molecule has 2 amide bonds. The van der Waals surface area contributed by atoms with E-state index in [-0.39, 0.29) is 30.7 Å². The minimum Gasteiger partial charge on any atom is -0.476 e. The van der Waals surface area contributed by atoms with Gasteiger partial charge in [-0.2, -0.15) is 0 Å². The summed E-state index contributed by atoms with van der Waals surface area (Å²) < 4.78 is 5.57. The topological polar surface area (TPSA) is 118 Å². The van der Waals surface area contributed by atoms with Crippen molar-refractivity contribution in [3.05, 3.63) is 75.7 Å². The molecule has 8 nitrogen and oxygen atoms in total. The van der Waals surface area contributed by atoms with Crippen LogP contribution in [0.5, 0.6) is 0 Å². The number of aromatic nitrogens is 1. The molecule has 0 saturated carbocycles. The van der Waals surface area contributed by atoms with Crippen LogP contribution in [0.25, 0.3) is 11.1 Å². The van der Waals surface area contributed by atoms with Crippen LogP contribution < -0.4 is 10.6 Å². The fourth-order valence-corrected chi connectivity index (χ4v) is 5.05. The zero-order valence-electron chi connectivity index (χ0n) is 19.3. The molecule has 0 saturated heterocycles. The molecular weight excluding hydrogens is 466 g/mol. The molecule has 2 aromatic carbocycles. The van der Waals surface area contributed by atoms with Gasteiger partial charge in [0.2, 0.25) is 5.91 Å².